The van der Waals surface area contributed by atoms with Crippen LogP contribution in [0.5, 0.6) is 5.75 Å². The van der Waals surface area contributed by atoms with Gasteiger partial charge in [-0.15, -0.1) is 0 Å². The quantitative estimate of drug-likeness (QED) is 0.765. The molecule has 0 bridgehead atoms. The highest BCUT2D eigenvalue weighted by atomic mass is 35.5. The van der Waals surface area contributed by atoms with E-state index in [4.69, 9.17) is 16.3 Å². The highest BCUT2D eigenvalue weighted by molar-refractivity contribution is 6.31. The number of halogens is 4. The number of rotatable bonds is 6. The molecule has 0 unspecified atom stereocenters. The van der Waals surface area contributed by atoms with Crippen LogP contribution in [0.1, 0.15) is 12.0 Å². The van der Waals surface area contributed by atoms with Gasteiger partial charge in [-0.1, -0.05) is 11.6 Å². The molecule has 0 aliphatic rings. The molecule has 1 amide bonds. The Balaban J connectivity index is 1.87. The summed E-state index contributed by atoms with van der Waals surface area (Å²) in [5.41, 5.74) is -0.131. The highest BCUT2D eigenvalue weighted by Gasteiger charge is 2.33. The van der Waals surface area contributed by atoms with Crippen molar-refractivity contribution in [1.29, 1.82) is 0 Å². The van der Waals surface area contributed by atoms with E-state index in [0.717, 1.165) is 17.8 Å². The average molecular weight is 373 g/mol. The van der Waals surface area contributed by atoms with Crippen molar-refractivity contribution in [1.82, 2.24) is 0 Å². The van der Waals surface area contributed by atoms with Gasteiger partial charge < -0.3 is 15.4 Å². The van der Waals surface area contributed by atoms with Gasteiger partial charge in [-0.3, -0.25) is 4.79 Å². The third-order valence-electron chi connectivity index (χ3n) is 3.33. The van der Waals surface area contributed by atoms with Crippen LogP contribution in [-0.2, 0) is 11.0 Å². The fourth-order valence-electron chi connectivity index (χ4n) is 2.07. The van der Waals surface area contributed by atoms with Crippen LogP contribution in [0.4, 0.5) is 24.5 Å². The number of carbonyl (C=O) groups is 1. The van der Waals surface area contributed by atoms with Crippen LogP contribution in [0.15, 0.2) is 42.5 Å². The number of amides is 1. The van der Waals surface area contributed by atoms with Gasteiger partial charge in [0.2, 0.25) is 5.91 Å². The van der Waals surface area contributed by atoms with Crippen LogP contribution >= 0.6 is 11.6 Å². The first-order chi connectivity index (χ1) is 11.8. The van der Waals surface area contributed by atoms with Crippen molar-refractivity contribution in [2.24, 2.45) is 0 Å². The summed E-state index contributed by atoms with van der Waals surface area (Å²) in [5.74, 6) is 0.308. The van der Waals surface area contributed by atoms with Crippen molar-refractivity contribution in [3.63, 3.8) is 0 Å². The molecule has 4 nitrogen and oxygen atoms in total. The van der Waals surface area contributed by atoms with Crippen LogP contribution in [0.3, 0.4) is 0 Å². The van der Waals surface area contributed by atoms with E-state index in [0.29, 0.717) is 12.3 Å². The van der Waals surface area contributed by atoms with Crippen molar-refractivity contribution in [3.8, 4) is 5.75 Å². The van der Waals surface area contributed by atoms with Crippen LogP contribution in [0, 0.1) is 0 Å². The Labute approximate surface area is 147 Å². The zero-order chi connectivity index (χ0) is 18.4. The molecule has 0 saturated carbocycles. The van der Waals surface area contributed by atoms with Crippen molar-refractivity contribution >= 4 is 28.9 Å². The zero-order valence-electron chi connectivity index (χ0n) is 13.3. The first-order valence-electron chi connectivity index (χ1n) is 7.34. The Hall–Kier alpha value is -2.41. The molecule has 0 fully saturated rings. The summed E-state index contributed by atoms with van der Waals surface area (Å²) < 4.78 is 43.4. The topological polar surface area (TPSA) is 50.4 Å². The minimum atomic E-state index is -4.58. The zero-order valence-corrected chi connectivity index (χ0v) is 14.0. The standard InChI is InChI=1S/C17H16ClF3N2O2/c1-25-13-5-2-11(3-6-13)22-9-8-16(24)23-12-4-7-15(18)14(10-12)17(19,20)21/h2-7,10,22H,8-9H2,1H3,(H,23,24). The Bertz CT molecular complexity index is 734. The minimum Gasteiger partial charge on any atom is -0.497 e. The molecule has 0 heterocycles. The van der Waals surface area contributed by atoms with E-state index in [1.807, 2.05) is 0 Å². The third-order valence-corrected chi connectivity index (χ3v) is 3.66. The van der Waals surface area contributed by atoms with Crippen LogP contribution < -0.4 is 15.4 Å². The summed E-state index contributed by atoms with van der Waals surface area (Å²) in [5, 5.41) is 5.06. The number of hydrogen-bond donors (Lipinski definition) is 2. The number of alkyl halides is 3. The van der Waals surface area contributed by atoms with E-state index in [1.165, 1.54) is 6.07 Å². The number of hydrogen-bond acceptors (Lipinski definition) is 3. The van der Waals surface area contributed by atoms with E-state index in [1.54, 1.807) is 31.4 Å². The number of ether oxygens (including phenoxy) is 1. The fraction of sp³-hybridized carbons (Fsp3) is 0.235. The molecule has 2 rings (SSSR count). The molecule has 0 radical (unpaired) electrons. The van der Waals surface area contributed by atoms with Gasteiger partial charge in [0.05, 0.1) is 17.7 Å². The highest BCUT2D eigenvalue weighted by Crippen LogP contribution is 2.36. The molecule has 0 spiro atoms. The lowest BCUT2D eigenvalue weighted by Gasteiger charge is -2.12. The normalized spacial score (nSPS) is 11.1. The van der Waals surface area contributed by atoms with Gasteiger partial charge in [-0.2, -0.15) is 13.2 Å². The summed E-state index contributed by atoms with van der Waals surface area (Å²) in [4.78, 5) is 11.9. The van der Waals surface area contributed by atoms with Crippen LogP contribution in [0.25, 0.3) is 0 Å². The Morgan fingerprint density at radius 1 is 1.12 bits per heavy atom. The maximum absolute atomic E-state index is 12.8. The van der Waals surface area contributed by atoms with Crippen molar-refractivity contribution in [2.75, 3.05) is 24.3 Å². The second-order valence-corrected chi connectivity index (χ2v) is 5.55. The predicted molar refractivity (Wildman–Crippen MR) is 91.2 cm³/mol. The van der Waals surface area contributed by atoms with Crippen molar-refractivity contribution in [2.45, 2.75) is 12.6 Å². The lowest BCUT2D eigenvalue weighted by Crippen LogP contribution is -2.17. The molecule has 0 aliphatic heterocycles. The Morgan fingerprint density at radius 3 is 2.36 bits per heavy atom. The summed E-state index contributed by atoms with van der Waals surface area (Å²) in [7, 11) is 1.56. The predicted octanol–water partition coefficient (Wildman–Crippen LogP) is 4.81. The molecule has 2 aromatic rings. The van der Waals surface area contributed by atoms with E-state index in [2.05, 4.69) is 10.6 Å². The van der Waals surface area contributed by atoms with Gasteiger partial charge in [-0.05, 0) is 42.5 Å². The molecule has 0 atom stereocenters. The Morgan fingerprint density at radius 2 is 1.76 bits per heavy atom. The second kappa shape index (κ2) is 8.11. The molecule has 0 saturated heterocycles. The smallest absolute Gasteiger partial charge is 0.417 e. The molecule has 25 heavy (non-hydrogen) atoms. The molecule has 0 aromatic heterocycles. The van der Waals surface area contributed by atoms with Crippen molar-refractivity contribution in [3.05, 3.63) is 53.1 Å². The van der Waals surface area contributed by atoms with E-state index in [-0.39, 0.29) is 12.1 Å². The lowest BCUT2D eigenvalue weighted by atomic mass is 10.2. The molecular weight excluding hydrogens is 357 g/mol. The SMILES string of the molecule is COc1ccc(NCCC(=O)Nc2ccc(Cl)c(C(F)(F)F)c2)cc1. The van der Waals surface area contributed by atoms with Gasteiger partial charge in [-0.25, -0.2) is 0 Å². The summed E-state index contributed by atoms with van der Waals surface area (Å²) in [6, 6.07) is 10.4. The summed E-state index contributed by atoms with van der Waals surface area (Å²) in [6.07, 6.45) is -4.48. The van der Waals surface area contributed by atoms with Gasteiger partial charge >= 0.3 is 6.18 Å². The molecule has 8 heteroatoms. The molecule has 2 N–H and O–H groups in total. The van der Waals surface area contributed by atoms with Gasteiger partial charge in [0.15, 0.2) is 0 Å². The van der Waals surface area contributed by atoms with E-state index >= 15 is 0 Å². The summed E-state index contributed by atoms with van der Waals surface area (Å²) >= 11 is 5.54. The number of nitrogens with one attached hydrogen (secondary N) is 2. The van der Waals surface area contributed by atoms with E-state index in [9.17, 15) is 18.0 Å². The summed E-state index contributed by atoms with van der Waals surface area (Å²) in [6.45, 7) is 0.331. The first-order valence-corrected chi connectivity index (χ1v) is 7.72. The largest absolute Gasteiger partial charge is 0.497 e. The molecule has 134 valence electrons. The average Bonchev–Trinajstić information content (AvgIpc) is 2.56. The van der Waals surface area contributed by atoms with Crippen LogP contribution in [0.2, 0.25) is 5.02 Å². The van der Waals surface area contributed by atoms with Gasteiger partial charge in [0, 0.05) is 24.3 Å². The Kier molecular flexibility index (Phi) is 6.14. The minimum absolute atomic E-state index is 0.0474. The number of methoxy groups -OCH3 is 1. The van der Waals surface area contributed by atoms with Gasteiger partial charge in [0.25, 0.3) is 0 Å². The molecule has 0 aliphatic carbocycles. The monoisotopic (exact) mass is 372 g/mol. The van der Waals surface area contributed by atoms with E-state index < -0.39 is 22.7 Å². The second-order valence-electron chi connectivity index (χ2n) is 5.15. The fourth-order valence-corrected chi connectivity index (χ4v) is 2.30. The first kappa shape index (κ1) is 18.9. The number of carbonyl (C=O) groups excluding carboxylic acids is 1. The van der Waals surface area contributed by atoms with Crippen LogP contribution in [-0.4, -0.2) is 19.6 Å². The van der Waals surface area contributed by atoms with Gasteiger partial charge in [0.1, 0.15) is 5.75 Å². The molecular formula is C17H16ClF3N2O2. The number of anilines is 2. The molecule has 2 aromatic carbocycles. The maximum Gasteiger partial charge on any atom is 0.417 e. The van der Waals surface area contributed by atoms with Crippen molar-refractivity contribution < 1.29 is 22.7 Å². The third kappa shape index (κ3) is 5.56. The maximum atomic E-state index is 12.8. The lowest BCUT2D eigenvalue weighted by molar-refractivity contribution is -0.137. The number of benzene rings is 2.